The van der Waals surface area contributed by atoms with Crippen molar-refractivity contribution in [2.24, 2.45) is 0 Å². The number of anilines is 2. The van der Waals surface area contributed by atoms with Crippen LogP contribution in [0.15, 0.2) is 47.4 Å². The van der Waals surface area contributed by atoms with Crippen LogP contribution >= 0.6 is 0 Å². The third kappa shape index (κ3) is 3.93. The van der Waals surface area contributed by atoms with Crippen LogP contribution in [0, 0.1) is 0 Å². The van der Waals surface area contributed by atoms with Crippen molar-refractivity contribution in [2.45, 2.75) is 11.8 Å². The maximum Gasteiger partial charge on any atom is 0.296 e. The molecule has 8 heteroatoms. The average molecular weight is 334 g/mol. The van der Waals surface area contributed by atoms with Gasteiger partial charge in [-0.05, 0) is 37.3 Å². The molecule has 2 rings (SSSR count). The first-order valence-electron chi connectivity index (χ1n) is 6.48. The Kier molecular flexibility index (Phi) is 4.48. The highest BCUT2D eigenvalue weighted by molar-refractivity contribution is 7.86. The largest absolute Gasteiger partial charge is 0.398 e. The number of hydrogen-bond donors (Lipinski definition) is 3. The Morgan fingerprint density at radius 2 is 1.61 bits per heavy atom. The second kappa shape index (κ2) is 6.19. The molecule has 7 nitrogen and oxygen atoms in total. The SMILES string of the molecule is CC(=O)c1ccc(C(=O)Nc2ccc(N)c(S(=O)(=O)O)c2)cc1. The number of carbonyl (C=O) groups is 2. The molecule has 0 atom stereocenters. The first-order chi connectivity index (χ1) is 10.7. The highest BCUT2D eigenvalue weighted by atomic mass is 32.2. The maximum absolute atomic E-state index is 12.1. The third-order valence-electron chi connectivity index (χ3n) is 3.10. The summed E-state index contributed by atoms with van der Waals surface area (Å²) in [7, 11) is -4.49. The standard InChI is InChI=1S/C15H14N2O5S/c1-9(18)10-2-4-11(5-3-10)15(19)17-12-6-7-13(16)14(8-12)23(20,21)22/h2-8H,16H2,1H3,(H,17,19)(H,20,21,22). The van der Waals surface area contributed by atoms with Crippen molar-refractivity contribution in [1.29, 1.82) is 0 Å². The fourth-order valence-electron chi connectivity index (χ4n) is 1.90. The van der Waals surface area contributed by atoms with Crippen molar-refractivity contribution in [3.63, 3.8) is 0 Å². The van der Waals surface area contributed by atoms with Crippen LogP contribution in [0.1, 0.15) is 27.6 Å². The minimum absolute atomic E-state index is 0.117. The Labute approximate surface area is 132 Å². The van der Waals surface area contributed by atoms with E-state index in [4.69, 9.17) is 10.3 Å². The van der Waals surface area contributed by atoms with Crippen molar-refractivity contribution in [3.8, 4) is 0 Å². The lowest BCUT2D eigenvalue weighted by molar-refractivity contribution is 0.101. The van der Waals surface area contributed by atoms with Crippen molar-refractivity contribution in [2.75, 3.05) is 11.1 Å². The van der Waals surface area contributed by atoms with E-state index in [0.717, 1.165) is 6.07 Å². The molecule has 120 valence electrons. The monoisotopic (exact) mass is 334 g/mol. The first kappa shape index (κ1) is 16.7. The summed E-state index contributed by atoms with van der Waals surface area (Å²) in [5.74, 6) is -0.612. The van der Waals surface area contributed by atoms with E-state index < -0.39 is 20.9 Å². The molecule has 0 aliphatic carbocycles. The molecule has 0 saturated carbocycles. The first-order valence-corrected chi connectivity index (χ1v) is 7.92. The summed E-state index contributed by atoms with van der Waals surface area (Å²) in [6, 6.07) is 9.73. The summed E-state index contributed by atoms with van der Waals surface area (Å²) in [5.41, 5.74) is 6.28. The molecule has 0 unspecified atom stereocenters. The van der Waals surface area contributed by atoms with E-state index >= 15 is 0 Å². The van der Waals surface area contributed by atoms with Crippen LogP contribution in [-0.2, 0) is 10.1 Å². The smallest absolute Gasteiger partial charge is 0.296 e. The number of hydrogen-bond acceptors (Lipinski definition) is 5. The molecule has 2 aromatic rings. The zero-order valence-corrected chi connectivity index (χ0v) is 12.9. The van der Waals surface area contributed by atoms with Crippen LogP contribution in [0.2, 0.25) is 0 Å². The molecule has 0 aliphatic heterocycles. The highest BCUT2D eigenvalue weighted by Crippen LogP contribution is 2.22. The molecule has 0 saturated heterocycles. The van der Waals surface area contributed by atoms with E-state index in [0.29, 0.717) is 11.1 Å². The van der Waals surface area contributed by atoms with Gasteiger partial charge in [-0.1, -0.05) is 12.1 Å². The molecule has 0 bridgehead atoms. The summed E-state index contributed by atoms with van der Waals surface area (Å²) in [6.45, 7) is 1.42. The van der Waals surface area contributed by atoms with E-state index in [9.17, 15) is 18.0 Å². The molecule has 0 radical (unpaired) electrons. The van der Waals surface area contributed by atoms with Gasteiger partial charge in [-0.2, -0.15) is 8.42 Å². The van der Waals surface area contributed by atoms with Crippen LogP contribution in [0.25, 0.3) is 0 Å². The Hall–Kier alpha value is -2.71. The van der Waals surface area contributed by atoms with Gasteiger partial charge in [0.2, 0.25) is 0 Å². The fraction of sp³-hybridized carbons (Fsp3) is 0.0667. The van der Waals surface area contributed by atoms with Crippen LogP contribution in [-0.4, -0.2) is 24.7 Å². The van der Waals surface area contributed by atoms with E-state index in [1.807, 2.05) is 0 Å². The number of benzene rings is 2. The second-order valence-electron chi connectivity index (χ2n) is 4.82. The zero-order valence-electron chi connectivity index (χ0n) is 12.1. The van der Waals surface area contributed by atoms with Gasteiger partial charge in [-0.25, -0.2) is 0 Å². The van der Waals surface area contributed by atoms with Crippen molar-refractivity contribution < 1.29 is 22.6 Å². The van der Waals surface area contributed by atoms with Gasteiger partial charge in [0.15, 0.2) is 5.78 Å². The predicted molar refractivity (Wildman–Crippen MR) is 85.1 cm³/mol. The number of amides is 1. The summed E-state index contributed by atoms with van der Waals surface area (Å²) >= 11 is 0. The number of carbonyl (C=O) groups excluding carboxylic acids is 2. The molecule has 0 aliphatic rings. The molecule has 0 spiro atoms. The predicted octanol–water partition coefficient (Wildman–Crippen LogP) is 1.97. The van der Waals surface area contributed by atoms with Crippen molar-refractivity contribution >= 4 is 33.2 Å². The van der Waals surface area contributed by atoms with Gasteiger partial charge in [0.25, 0.3) is 16.0 Å². The zero-order chi connectivity index (χ0) is 17.2. The Morgan fingerprint density at radius 1 is 1.04 bits per heavy atom. The molecule has 0 heterocycles. The molecule has 0 aromatic heterocycles. The molecular formula is C15H14N2O5S. The van der Waals surface area contributed by atoms with Gasteiger partial charge in [0, 0.05) is 16.8 Å². The van der Waals surface area contributed by atoms with E-state index in [1.165, 1.54) is 43.3 Å². The molecule has 1 amide bonds. The summed E-state index contributed by atoms with van der Waals surface area (Å²) in [4.78, 5) is 22.8. The van der Waals surface area contributed by atoms with Gasteiger partial charge in [0.1, 0.15) is 4.90 Å². The molecular weight excluding hydrogens is 320 g/mol. The molecule has 23 heavy (non-hydrogen) atoms. The number of Topliss-reactive ketones (excluding diaryl/α,β-unsaturated/α-hetero) is 1. The maximum atomic E-state index is 12.1. The third-order valence-corrected chi connectivity index (χ3v) is 4.01. The van der Waals surface area contributed by atoms with Crippen molar-refractivity contribution in [3.05, 3.63) is 53.6 Å². The van der Waals surface area contributed by atoms with Crippen LogP contribution in [0.4, 0.5) is 11.4 Å². The summed E-state index contributed by atoms with van der Waals surface area (Å²) in [6.07, 6.45) is 0. The van der Waals surface area contributed by atoms with E-state index in [1.54, 1.807) is 0 Å². The number of nitrogen functional groups attached to an aromatic ring is 1. The summed E-state index contributed by atoms with van der Waals surface area (Å²) < 4.78 is 31.5. The van der Waals surface area contributed by atoms with Crippen LogP contribution in [0.5, 0.6) is 0 Å². The molecule has 0 fully saturated rings. The van der Waals surface area contributed by atoms with Gasteiger partial charge in [-0.15, -0.1) is 0 Å². The Balaban J connectivity index is 2.25. The van der Waals surface area contributed by atoms with Crippen molar-refractivity contribution in [1.82, 2.24) is 0 Å². The van der Waals surface area contributed by atoms with Crippen LogP contribution < -0.4 is 11.1 Å². The minimum Gasteiger partial charge on any atom is -0.398 e. The van der Waals surface area contributed by atoms with Gasteiger partial charge in [0.05, 0.1) is 5.69 Å². The summed E-state index contributed by atoms with van der Waals surface area (Å²) in [5, 5.41) is 2.49. The Bertz CT molecular complexity index is 873. The minimum atomic E-state index is -4.49. The van der Waals surface area contributed by atoms with Gasteiger partial charge in [-0.3, -0.25) is 14.1 Å². The number of rotatable bonds is 4. The van der Waals surface area contributed by atoms with E-state index in [2.05, 4.69) is 5.32 Å². The highest BCUT2D eigenvalue weighted by Gasteiger charge is 2.15. The average Bonchev–Trinajstić information content (AvgIpc) is 2.48. The second-order valence-corrected chi connectivity index (χ2v) is 6.21. The quantitative estimate of drug-likeness (QED) is 0.446. The fourth-order valence-corrected chi connectivity index (χ4v) is 2.54. The molecule has 2 aromatic carbocycles. The van der Waals surface area contributed by atoms with Crippen LogP contribution in [0.3, 0.4) is 0 Å². The van der Waals surface area contributed by atoms with Gasteiger partial charge < -0.3 is 11.1 Å². The number of nitrogens with two attached hydrogens (primary N) is 1. The molecule has 4 N–H and O–H groups in total. The Morgan fingerprint density at radius 3 is 2.13 bits per heavy atom. The normalized spacial score (nSPS) is 11.0. The van der Waals surface area contributed by atoms with Gasteiger partial charge >= 0.3 is 0 Å². The number of nitrogens with one attached hydrogen (secondary N) is 1. The topological polar surface area (TPSA) is 127 Å². The lowest BCUT2D eigenvalue weighted by atomic mass is 10.1. The lowest BCUT2D eigenvalue weighted by Gasteiger charge is -2.08. The lowest BCUT2D eigenvalue weighted by Crippen LogP contribution is -2.13. The number of ketones is 1. The van der Waals surface area contributed by atoms with E-state index in [-0.39, 0.29) is 17.2 Å².